The molecule has 7 nitrogen and oxygen atoms in total. The molecule has 2 heterocycles. The minimum atomic E-state index is -0.460. The highest BCUT2D eigenvalue weighted by Gasteiger charge is 2.34. The lowest BCUT2D eigenvalue weighted by atomic mass is 10.1. The zero-order valence-corrected chi connectivity index (χ0v) is 18.6. The van der Waals surface area contributed by atoms with E-state index in [-0.39, 0.29) is 36.1 Å². The number of hydrogen-bond acceptors (Lipinski definition) is 5. The molecule has 0 atom stereocenters. The second-order valence-corrected chi connectivity index (χ2v) is 7.93. The number of aryl methyl sites for hydroxylation is 1. The number of amides is 1. The number of ether oxygens (including phenoxy) is 1. The molecule has 2 rings (SSSR count). The summed E-state index contributed by atoms with van der Waals surface area (Å²) < 4.78 is 5.35. The van der Waals surface area contributed by atoms with Crippen LogP contribution >= 0.6 is 35.3 Å². The Balaban J connectivity index is 0.00000312. The predicted molar refractivity (Wildman–Crippen MR) is 112 cm³/mol. The van der Waals surface area contributed by atoms with Crippen LogP contribution in [0, 0.1) is 0 Å². The van der Waals surface area contributed by atoms with E-state index in [2.05, 4.69) is 27.5 Å². The van der Waals surface area contributed by atoms with Gasteiger partial charge in [0.15, 0.2) is 5.96 Å². The largest absolute Gasteiger partial charge is 0.444 e. The van der Waals surface area contributed by atoms with Gasteiger partial charge in [0.05, 0.1) is 12.6 Å². The third-order valence-corrected chi connectivity index (χ3v) is 4.60. The van der Waals surface area contributed by atoms with Gasteiger partial charge in [-0.05, 0) is 27.2 Å². The molecule has 0 spiro atoms. The van der Waals surface area contributed by atoms with Crippen molar-refractivity contribution in [3.8, 4) is 0 Å². The predicted octanol–water partition coefficient (Wildman–Crippen LogP) is 2.61. The van der Waals surface area contributed by atoms with E-state index in [0.29, 0.717) is 19.6 Å². The second kappa shape index (κ2) is 9.56. The summed E-state index contributed by atoms with van der Waals surface area (Å²) >= 11 is 1.71. The molecule has 1 fully saturated rings. The smallest absolute Gasteiger partial charge is 0.410 e. The van der Waals surface area contributed by atoms with E-state index in [9.17, 15) is 4.79 Å². The van der Waals surface area contributed by atoms with Crippen molar-refractivity contribution in [3.63, 3.8) is 0 Å². The van der Waals surface area contributed by atoms with Crippen LogP contribution in [0.4, 0.5) is 4.79 Å². The lowest BCUT2D eigenvalue weighted by molar-refractivity contribution is 0.00701. The van der Waals surface area contributed by atoms with E-state index in [1.54, 1.807) is 23.3 Å². The molecule has 0 saturated carbocycles. The zero-order chi connectivity index (χ0) is 17.7. The summed E-state index contributed by atoms with van der Waals surface area (Å²) in [6.45, 7) is 9.61. The quantitative estimate of drug-likeness (QED) is 0.393. The van der Waals surface area contributed by atoms with Crippen LogP contribution in [0.1, 0.15) is 37.6 Å². The van der Waals surface area contributed by atoms with Gasteiger partial charge in [-0.15, -0.1) is 35.3 Å². The number of likely N-dealkylation sites (tertiary alicyclic amines) is 1. The van der Waals surface area contributed by atoms with Crippen LogP contribution < -0.4 is 10.6 Å². The fourth-order valence-corrected chi connectivity index (χ4v) is 2.99. The number of hydrogen-bond donors (Lipinski definition) is 2. The summed E-state index contributed by atoms with van der Waals surface area (Å²) in [4.78, 5) is 23.5. The van der Waals surface area contributed by atoms with Gasteiger partial charge in [-0.1, -0.05) is 6.92 Å². The first kappa shape index (κ1) is 21.9. The molecule has 0 radical (unpaired) electrons. The maximum atomic E-state index is 11.9. The summed E-state index contributed by atoms with van der Waals surface area (Å²) in [5.74, 6) is 0.720. The average Bonchev–Trinajstić information content (AvgIpc) is 2.91. The van der Waals surface area contributed by atoms with Crippen molar-refractivity contribution < 1.29 is 9.53 Å². The third kappa shape index (κ3) is 6.96. The van der Waals surface area contributed by atoms with Crippen LogP contribution in [0.2, 0.25) is 0 Å². The van der Waals surface area contributed by atoms with Gasteiger partial charge < -0.3 is 20.3 Å². The van der Waals surface area contributed by atoms with Gasteiger partial charge in [0.1, 0.15) is 10.6 Å². The molecule has 1 saturated heterocycles. The second-order valence-electron chi connectivity index (χ2n) is 6.73. The summed E-state index contributed by atoms with van der Waals surface area (Å²) in [6.07, 6.45) is 2.66. The number of nitrogens with one attached hydrogen (secondary N) is 2. The van der Waals surface area contributed by atoms with Gasteiger partial charge in [0.25, 0.3) is 0 Å². The lowest BCUT2D eigenvalue weighted by Gasteiger charge is -2.40. The Hall–Kier alpha value is -1.10. The first-order chi connectivity index (χ1) is 11.3. The van der Waals surface area contributed by atoms with Crippen molar-refractivity contribution in [3.05, 3.63) is 16.1 Å². The third-order valence-electron chi connectivity index (χ3n) is 3.45. The Morgan fingerprint density at radius 1 is 1.48 bits per heavy atom. The van der Waals surface area contributed by atoms with Crippen molar-refractivity contribution >= 4 is 47.4 Å². The molecule has 1 aromatic heterocycles. The monoisotopic (exact) mass is 481 g/mol. The molecule has 142 valence electrons. The van der Waals surface area contributed by atoms with E-state index >= 15 is 0 Å². The average molecular weight is 481 g/mol. The van der Waals surface area contributed by atoms with Gasteiger partial charge in [-0.2, -0.15) is 0 Å². The number of guanidine groups is 1. The molecule has 1 aromatic rings. The van der Waals surface area contributed by atoms with Crippen LogP contribution in [0.15, 0.2) is 11.2 Å². The fraction of sp³-hybridized carbons (Fsp3) is 0.688. The molecule has 0 unspecified atom stereocenters. The standard InChI is InChI=1S/C16H27N5O2S.HI/c1-6-12-7-18-13(24-12)8-19-14(17-5)20-11-9-21(10-11)15(22)23-16(2,3)4;/h7,11H,6,8-10H2,1-5H3,(H2,17,19,20);1H. The molecule has 0 aromatic carbocycles. The number of aromatic nitrogens is 1. The lowest BCUT2D eigenvalue weighted by Crippen LogP contribution is -2.63. The maximum absolute atomic E-state index is 11.9. The molecular formula is C16H28IN5O2S. The van der Waals surface area contributed by atoms with Gasteiger partial charge in [-0.3, -0.25) is 4.99 Å². The van der Waals surface area contributed by atoms with Gasteiger partial charge in [0.2, 0.25) is 0 Å². The van der Waals surface area contributed by atoms with Crippen LogP contribution in [0.3, 0.4) is 0 Å². The summed E-state index contributed by atoms with van der Waals surface area (Å²) in [5, 5.41) is 7.61. The first-order valence-electron chi connectivity index (χ1n) is 8.19. The Morgan fingerprint density at radius 2 is 2.16 bits per heavy atom. The minimum Gasteiger partial charge on any atom is -0.444 e. The highest BCUT2D eigenvalue weighted by atomic mass is 127. The maximum Gasteiger partial charge on any atom is 0.410 e. The topological polar surface area (TPSA) is 78.9 Å². The zero-order valence-electron chi connectivity index (χ0n) is 15.5. The highest BCUT2D eigenvalue weighted by Crippen LogP contribution is 2.15. The number of aliphatic imine (C=N–C) groups is 1. The van der Waals surface area contributed by atoms with Crippen molar-refractivity contribution in [2.45, 2.75) is 52.3 Å². The van der Waals surface area contributed by atoms with Crippen LogP contribution in [-0.2, 0) is 17.7 Å². The molecule has 9 heteroatoms. The van der Waals surface area contributed by atoms with Crippen LogP contribution in [0.5, 0.6) is 0 Å². The van der Waals surface area contributed by atoms with Gasteiger partial charge in [0, 0.05) is 31.2 Å². The molecule has 1 aliphatic rings. The van der Waals surface area contributed by atoms with Crippen molar-refractivity contribution in [1.82, 2.24) is 20.5 Å². The number of carbonyl (C=O) groups excluding carboxylic acids is 1. The van der Waals surface area contributed by atoms with E-state index < -0.39 is 5.60 Å². The summed E-state index contributed by atoms with van der Waals surface area (Å²) in [5.41, 5.74) is -0.460. The van der Waals surface area contributed by atoms with Crippen molar-refractivity contribution in [2.24, 2.45) is 4.99 Å². The highest BCUT2D eigenvalue weighted by molar-refractivity contribution is 14.0. The van der Waals surface area contributed by atoms with E-state index in [0.717, 1.165) is 17.4 Å². The first-order valence-corrected chi connectivity index (χ1v) is 9.01. The van der Waals surface area contributed by atoms with E-state index in [1.165, 1.54) is 4.88 Å². The van der Waals surface area contributed by atoms with Gasteiger partial charge in [-0.25, -0.2) is 9.78 Å². The number of thiazole rings is 1. The summed E-state index contributed by atoms with van der Waals surface area (Å²) in [6, 6.07) is 0.186. The number of rotatable bonds is 4. The Labute approximate surface area is 170 Å². The molecule has 25 heavy (non-hydrogen) atoms. The van der Waals surface area contributed by atoms with Gasteiger partial charge >= 0.3 is 6.09 Å². The fourth-order valence-electron chi connectivity index (χ4n) is 2.19. The summed E-state index contributed by atoms with van der Waals surface area (Å²) in [7, 11) is 1.74. The molecule has 1 amide bonds. The Kier molecular flexibility index (Phi) is 8.39. The molecule has 0 aliphatic carbocycles. The number of halogens is 1. The van der Waals surface area contributed by atoms with Crippen LogP contribution in [0.25, 0.3) is 0 Å². The van der Waals surface area contributed by atoms with Crippen molar-refractivity contribution in [2.75, 3.05) is 20.1 Å². The number of nitrogens with zero attached hydrogens (tertiary/aromatic N) is 3. The molecule has 1 aliphatic heterocycles. The van der Waals surface area contributed by atoms with Crippen LogP contribution in [-0.4, -0.2) is 53.7 Å². The van der Waals surface area contributed by atoms with Crippen molar-refractivity contribution in [1.29, 1.82) is 0 Å². The van der Waals surface area contributed by atoms with E-state index in [4.69, 9.17) is 4.74 Å². The molecule has 2 N–H and O–H groups in total. The Morgan fingerprint density at radius 3 is 2.68 bits per heavy atom. The SMILES string of the molecule is CCc1cnc(CNC(=NC)NC2CN(C(=O)OC(C)(C)C)C2)s1.I. The Bertz CT molecular complexity index is 594. The van der Waals surface area contributed by atoms with E-state index in [1.807, 2.05) is 27.0 Å². The molecule has 0 bridgehead atoms. The minimum absolute atomic E-state index is 0. The number of carbonyl (C=O) groups is 1. The normalized spacial score (nSPS) is 15.2. The molecular weight excluding hydrogens is 453 g/mol.